The van der Waals surface area contributed by atoms with Crippen LogP contribution in [0.2, 0.25) is 0 Å². The largest absolute Gasteiger partial charge is 0.311 e. The summed E-state index contributed by atoms with van der Waals surface area (Å²) in [7, 11) is 0. The molecule has 9 aromatic rings. The van der Waals surface area contributed by atoms with E-state index >= 15 is 0 Å². The molecule has 0 atom stereocenters. The summed E-state index contributed by atoms with van der Waals surface area (Å²) in [6, 6.07) is 68.4. The Morgan fingerprint density at radius 1 is 0.389 bits per heavy atom. The first-order chi connectivity index (χ1) is 26.8. The van der Waals surface area contributed by atoms with Crippen molar-refractivity contribution < 1.29 is 0 Å². The molecule has 0 N–H and O–H groups in total. The molecule has 1 aromatic heterocycles. The van der Waals surface area contributed by atoms with Crippen LogP contribution in [0.25, 0.3) is 66.1 Å². The Hall–Kier alpha value is -6.90. The Balaban J connectivity index is 0.994. The van der Waals surface area contributed by atoms with Crippen molar-refractivity contribution in [3.63, 3.8) is 0 Å². The second-order valence-corrected chi connectivity index (χ2v) is 14.1. The summed E-state index contributed by atoms with van der Waals surface area (Å²) >= 11 is 0. The molecular formula is C52H38N2. The fourth-order valence-corrected chi connectivity index (χ4v) is 8.13. The van der Waals surface area contributed by atoms with Crippen LogP contribution >= 0.6 is 0 Å². The lowest BCUT2D eigenvalue weighted by atomic mass is 9.99. The Morgan fingerprint density at radius 2 is 0.926 bits per heavy atom. The van der Waals surface area contributed by atoms with Gasteiger partial charge in [0.15, 0.2) is 0 Å². The van der Waals surface area contributed by atoms with E-state index in [0.717, 1.165) is 35.6 Å². The van der Waals surface area contributed by atoms with Gasteiger partial charge in [-0.1, -0.05) is 146 Å². The van der Waals surface area contributed by atoms with E-state index in [9.17, 15) is 0 Å². The number of hydrogen-bond acceptors (Lipinski definition) is 1. The van der Waals surface area contributed by atoms with Crippen molar-refractivity contribution in [2.24, 2.45) is 0 Å². The molecule has 1 heterocycles. The number of rotatable bonds is 7. The molecule has 0 unspecified atom stereocenters. The van der Waals surface area contributed by atoms with Gasteiger partial charge in [0.05, 0.1) is 11.0 Å². The molecule has 1 aliphatic carbocycles. The molecule has 0 saturated heterocycles. The Kier molecular flexibility index (Phi) is 8.00. The van der Waals surface area contributed by atoms with Gasteiger partial charge in [-0.3, -0.25) is 0 Å². The van der Waals surface area contributed by atoms with Gasteiger partial charge < -0.3 is 9.47 Å². The minimum absolute atomic E-state index is 1.10. The molecule has 256 valence electrons. The third-order valence-electron chi connectivity index (χ3n) is 10.8. The minimum atomic E-state index is 1.10. The van der Waals surface area contributed by atoms with Gasteiger partial charge in [-0.2, -0.15) is 0 Å². The quantitative estimate of drug-likeness (QED) is 0.162. The van der Waals surface area contributed by atoms with E-state index in [2.05, 4.69) is 216 Å². The van der Waals surface area contributed by atoms with E-state index in [1.165, 1.54) is 66.0 Å². The standard InChI is InChI=1S/C52H38N2/c1-3-11-37(12-4-1)39-19-28-44(29-20-39)53(45-30-21-40(22-31-45)38-13-5-2-6-14-38)46-32-23-41(24-33-46)42-25-34-47(35-26-42)54-50-18-10-9-17-49(50)52-48-16-8-7-15-43(48)27-36-51(52)54/h1,3-5,7-36H,2,6H2. The van der Waals surface area contributed by atoms with E-state index in [1.54, 1.807) is 0 Å². The summed E-state index contributed by atoms with van der Waals surface area (Å²) in [5.74, 6) is 0. The van der Waals surface area contributed by atoms with Gasteiger partial charge in [-0.15, -0.1) is 0 Å². The van der Waals surface area contributed by atoms with Gasteiger partial charge in [0.25, 0.3) is 0 Å². The molecule has 0 fully saturated rings. The molecule has 0 spiro atoms. The monoisotopic (exact) mass is 690 g/mol. The smallest absolute Gasteiger partial charge is 0.0547 e. The lowest BCUT2D eigenvalue weighted by Gasteiger charge is -2.26. The maximum Gasteiger partial charge on any atom is 0.0547 e. The maximum absolute atomic E-state index is 2.40. The summed E-state index contributed by atoms with van der Waals surface area (Å²) < 4.78 is 2.40. The number of hydrogen-bond donors (Lipinski definition) is 0. The van der Waals surface area contributed by atoms with Crippen LogP contribution in [0.3, 0.4) is 0 Å². The average molecular weight is 691 g/mol. The second-order valence-electron chi connectivity index (χ2n) is 14.1. The molecule has 2 heteroatoms. The van der Waals surface area contributed by atoms with Crippen molar-refractivity contribution in [2.45, 2.75) is 12.8 Å². The first-order valence-electron chi connectivity index (χ1n) is 18.8. The van der Waals surface area contributed by atoms with Gasteiger partial charge in [0.1, 0.15) is 0 Å². The van der Waals surface area contributed by atoms with E-state index in [-0.39, 0.29) is 0 Å². The first-order valence-corrected chi connectivity index (χ1v) is 18.8. The van der Waals surface area contributed by atoms with Crippen LogP contribution < -0.4 is 4.90 Å². The van der Waals surface area contributed by atoms with Crippen molar-refractivity contribution in [1.82, 2.24) is 4.57 Å². The van der Waals surface area contributed by atoms with Gasteiger partial charge in [0, 0.05) is 33.5 Å². The highest BCUT2D eigenvalue weighted by Gasteiger charge is 2.16. The summed E-state index contributed by atoms with van der Waals surface area (Å²) in [5, 5.41) is 5.14. The number of benzene rings is 8. The Labute approximate surface area is 316 Å². The molecular weight excluding hydrogens is 653 g/mol. The summed E-state index contributed by atoms with van der Waals surface area (Å²) in [6.45, 7) is 0. The lowest BCUT2D eigenvalue weighted by molar-refractivity contribution is 1.04. The van der Waals surface area contributed by atoms with Crippen molar-refractivity contribution >= 4 is 55.2 Å². The fraction of sp³-hybridized carbons (Fsp3) is 0.0385. The first kappa shape index (κ1) is 31.8. The second kappa shape index (κ2) is 13.6. The van der Waals surface area contributed by atoms with Crippen LogP contribution in [0, 0.1) is 0 Å². The van der Waals surface area contributed by atoms with Crippen molar-refractivity contribution in [1.29, 1.82) is 0 Å². The molecule has 0 saturated carbocycles. The fourth-order valence-electron chi connectivity index (χ4n) is 8.13. The highest BCUT2D eigenvalue weighted by Crippen LogP contribution is 2.39. The molecule has 10 rings (SSSR count). The van der Waals surface area contributed by atoms with Crippen LogP contribution in [-0.2, 0) is 0 Å². The number of para-hydroxylation sites is 1. The number of fused-ring (bicyclic) bond motifs is 5. The number of nitrogens with zero attached hydrogens (tertiary/aromatic N) is 2. The molecule has 54 heavy (non-hydrogen) atoms. The zero-order valence-electron chi connectivity index (χ0n) is 29.9. The zero-order valence-corrected chi connectivity index (χ0v) is 29.9. The third-order valence-corrected chi connectivity index (χ3v) is 10.8. The van der Waals surface area contributed by atoms with Crippen LogP contribution in [0.1, 0.15) is 18.4 Å². The van der Waals surface area contributed by atoms with Gasteiger partial charge in [0.2, 0.25) is 0 Å². The van der Waals surface area contributed by atoms with Crippen molar-refractivity contribution in [2.75, 3.05) is 4.90 Å². The van der Waals surface area contributed by atoms with Crippen LogP contribution in [0.15, 0.2) is 206 Å². The van der Waals surface area contributed by atoms with Gasteiger partial charge in [-0.05, 0) is 118 Å². The molecule has 0 aliphatic heterocycles. The Bertz CT molecular complexity index is 2820. The molecule has 0 radical (unpaired) electrons. The van der Waals surface area contributed by atoms with E-state index in [0.29, 0.717) is 0 Å². The predicted molar refractivity (Wildman–Crippen MR) is 230 cm³/mol. The maximum atomic E-state index is 2.40. The van der Waals surface area contributed by atoms with Gasteiger partial charge >= 0.3 is 0 Å². The molecule has 0 amide bonds. The van der Waals surface area contributed by atoms with Crippen LogP contribution in [0.4, 0.5) is 17.1 Å². The summed E-state index contributed by atoms with van der Waals surface area (Å²) in [5.41, 5.74) is 14.3. The topological polar surface area (TPSA) is 8.17 Å². The normalized spacial score (nSPS) is 12.7. The number of allylic oxidation sites excluding steroid dienone is 4. The average Bonchev–Trinajstić information content (AvgIpc) is 3.60. The SMILES string of the molecule is C1=CC(c2ccc(N(c3ccc(-c4ccccc4)cc3)c3ccc(-c4ccc(-n5c6ccccc6c6c7ccccc7ccc65)cc4)cc3)cc2)=CCC1. The number of anilines is 3. The third kappa shape index (κ3) is 5.70. The van der Waals surface area contributed by atoms with Gasteiger partial charge in [-0.25, -0.2) is 0 Å². The lowest BCUT2D eigenvalue weighted by Crippen LogP contribution is -2.10. The van der Waals surface area contributed by atoms with E-state index < -0.39 is 0 Å². The van der Waals surface area contributed by atoms with E-state index in [4.69, 9.17) is 0 Å². The summed E-state index contributed by atoms with van der Waals surface area (Å²) in [4.78, 5) is 2.35. The highest BCUT2D eigenvalue weighted by atomic mass is 15.1. The van der Waals surface area contributed by atoms with Crippen LogP contribution in [0.5, 0.6) is 0 Å². The molecule has 1 aliphatic rings. The summed E-state index contributed by atoms with van der Waals surface area (Å²) in [6.07, 6.45) is 9.07. The molecule has 8 aromatic carbocycles. The van der Waals surface area contributed by atoms with E-state index in [1.807, 2.05) is 0 Å². The highest BCUT2D eigenvalue weighted by molar-refractivity contribution is 6.21. The predicted octanol–water partition coefficient (Wildman–Crippen LogP) is 14.5. The molecule has 0 bridgehead atoms. The zero-order chi connectivity index (χ0) is 35.8. The minimum Gasteiger partial charge on any atom is -0.311 e. The van der Waals surface area contributed by atoms with Crippen LogP contribution in [-0.4, -0.2) is 4.57 Å². The Morgan fingerprint density at radius 3 is 1.56 bits per heavy atom. The number of aromatic nitrogens is 1. The van der Waals surface area contributed by atoms with Crippen molar-refractivity contribution in [3.8, 4) is 27.9 Å². The van der Waals surface area contributed by atoms with Crippen molar-refractivity contribution in [3.05, 3.63) is 212 Å². The molecule has 2 nitrogen and oxygen atoms in total.